The normalized spacial score (nSPS) is 14.9. The Balaban J connectivity index is 1.69. The van der Waals surface area contributed by atoms with Crippen LogP contribution in [-0.2, 0) is 11.2 Å². The van der Waals surface area contributed by atoms with Crippen LogP contribution in [0.1, 0.15) is 38.8 Å². The van der Waals surface area contributed by atoms with Crippen LogP contribution in [0.15, 0.2) is 34.3 Å². The number of nitrogens with zero attached hydrogens (tertiary/aromatic N) is 6. The second-order valence-corrected chi connectivity index (χ2v) is 11.1. The van der Waals surface area contributed by atoms with Gasteiger partial charge in [0.15, 0.2) is 0 Å². The van der Waals surface area contributed by atoms with Crippen LogP contribution in [0.25, 0.3) is 30.6 Å². The number of rotatable bonds is 2. The monoisotopic (exact) mass is 508 g/mol. The first-order valence-corrected chi connectivity index (χ1v) is 12.3. The summed E-state index contributed by atoms with van der Waals surface area (Å²) in [6, 6.07) is 11.2. The highest BCUT2D eigenvalue weighted by Gasteiger charge is 2.40. The van der Waals surface area contributed by atoms with Crippen molar-refractivity contribution in [3.05, 3.63) is 58.2 Å². The number of nitriles is 2. The van der Waals surface area contributed by atoms with Crippen LogP contribution < -0.4 is 9.47 Å². The van der Waals surface area contributed by atoms with Gasteiger partial charge in [0.25, 0.3) is 5.00 Å². The summed E-state index contributed by atoms with van der Waals surface area (Å²) in [6.45, 7) is 22.1. The Kier molecular flexibility index (Phi) is 5.20. The number of aliphatic imine (C=N–C) groups is 2. The van der Waals surface area contributed by atoms with E-state index in [9.17, 15) is 0 Å². The highest BCUT2D eigenvalue weighted by molar-refractivity contribution is 7.20. The summed E-state index contributed by atoms with van der Waals surface area (Å²) < 4.78 is 12.9. The number of benzene rings is 1. The van der Waals surface area contributed by atoms with Gasteiger partial charge in [-0.25, -0.2) is 14.7 Å². The fourth-order valence-corrected chi connectivity index (χ4v) is 6.67. The number of hydrogen-bond acceptors (Lipinski definition) is 8. The first kappa shape index (κ1) is 23.3. The zero-order valence-electron chi connectivity index (χ0n) is 19.6. The summed E-state index contributed by atoms with van der Waals surface area (Å²) >= 11 is 2.80. The fraction of sp³-hybridized carbons (Fsp3) is 0.231. The summed E-state index contributed by atoms with van der Waals surface area (Å²) in [5.41, 5.74) is 2.03. The molecule has 0 amide bonds. The second-order valence-electron chi connectivity index (χ2n) is 9.04. The third-order valence-corrected chi connectivity index (χ3v) is 8.01. The van der Waals surface area contributed by atoms with Crippen LogP contribution in [-0.4, -0.2) is 11.7 Å². The molecule has 8 nitrogen and oxygen atoms in total. The molecule has 4 heterocycles. The third kappa shape index (κ3) is 3.61. The summed E-state index contributed by atoms with van der Waals surface area (Å²) in [7, 11) is 0. The highest BCUT2D eigenvalue weighted by Crippen LogP contribution is 2.57. The summed E-state index contributed by atoms with van der Waals surface area (Å²) in [5.74, 6) is 1.13. The van der Waals surface area contributed by atoms with Crippen molar-refractivity contribution in [3.8, 4) is 44.5 Å². The lowest BCUT2D eigenvalue weighted by atomic mass is 9.88. The number of guanidine groups is 1. The van der Waals surface area contributed by atoms with E-state index in [4.69, 9.17) is 33.1 Å². The Bertz CT molecular complexity index is 1540. The van der Waals surface area contributed by atoms with E-state index >= 15 is 0 Å². The lowest BCUT2D eigenvalue weighted by molar-refractivity contribution is 0.100. The lowest BCUT2D eigenvalue weighted by Gasteiger charge is -2.36. The largest absolute Gasteiger partial charge is 0.635 e. The summed E-state index contributed by atoms with van der Waals surface area (Å²) in [5, 5.41) is 19.4. The molecule has 174 valence electrons. The Hall–Kier alpha value is -4.48. The number of fused-ring (bicyclic) bond motifs is 6. The van der Waals surface area contributed by atoms with Gasteiger partial charge in [-0.3, -0.25) is 0 Å². The van der Waals surface area contributed by atoms with Gasteiger partial charge in [-0.2, -0.15) is 10.5 Å². The van der Waals surface area contributed by atoms with Crippen LogP contribution in [0.2, 0.25) is 0 Å². The van der Waals surface area contributed by atoms with Crippen molar-refractivity contribution >= 4 is 44.3 Å². The molecule has 0 bridgehead atoms. The fourth-order valence-electron chi connectivity index (χ4n) is 4.26. The maximum atomic E-state index is 9.11. The van der Waals surface area contributed by atoms with Gasteiger partial charge < -0.3 is 9.47 Å². The van der Waals surface area contributed by atoms with E-state index in [0.717, 1.165) is 32.0 Å². The molecule has 2 aromatic heterocycles. The Morgan fingerprint density at radius 1 is 0.806 bits per heavy atom. The van der Waals surface area contributed by atoms with Crippen LogP contribution >= 0.6 is 22.7 Å². The molecule has 0 unspecified atom stereocenters. The van der Waals surface area contributed by atoms with E-state index in [2.05, 4.69) is 19.7 Å². The standard InChI is InChI=1S/C26H16N6O2S2/c1-25(2)16-9-20(31-13(11-27)12-28)35-22(16)14-7-19-15(8-18(14)33-25)23-17(26(3,4)34-19)10-21(36-23)32-24(29-5)30-6/h7-10H,1-4H3. The van der Waals surface area contributed by atoms with Crippen molar-refractivity contribution in [1.29, 1.82) is 10.5 Å². The molecule has 2 aliphatic rings. The Morgan fingerprint density at radius 3 is 1.67 bits per heavy atom. The molecule has 10 heteroatoms. The zero-order valence-corrected chi connectivity index (χ0v) is 21.3. The molecule has 0 N–H and O–H groups in total. The molecule has 0 radical (unpaired) electrons. The molecule has 0 spiro atoms. The topological polar surface area (TPSA) is 99.5 Å². The minimum atomic E-state index is -0.664. The van der Waals surface area contributed by atoms with Crippen molar-refractivity contribution in [2.24, 2.45) is 9.98 Å². The third-order valence-electron chi connectivity index (χ3n) is 5.88. The molecule has 5 rings (SSSR count). The summed E-state index contributed by atoms with van der Waals surface area (Å²) in [4.78, 5) is 16.6. The second kappa shape index (κ2) is 8.04. The maximum absolute atomic E-state index is 9.11. The van der Waals surface area contributed by atoms with Gasteiger partial charge in [-0.05, 0) is 59.0 Å². The molecule has 36 heavy (non-hydrogen) atoms. The van der Waals surface area contributed by atoms with Gasteiger partial charge in [0, 0.05) is 38.2 Å². The highest BCUT2D eigenvalue weighted by atomic mass is 32.1. The first-order valence-electron chi connectivity index (χ1n) is 10.7. The van der Waals surface area contributed by atoms with Gasteiger partial charge in [0.1, 0.15) is 39.8 Å². The number of hydrogen-bond donors (Lipinski definition) is 0. The van der Waals surface area contributed by atoms with E-state index in [-0.39, 0.29) is 11.7 Å². The van der Waals surface area contributed by atoms with Crippen molar-refractivity contribution in [1.82, 2.24) is 0 Å². The van der Waals surface area contributed by atoms with E-state index < -0.39 is 11.2 Å². The van der Waals surface area contributed by atoms with Crippen molar-refractivity contribution in [3.63, 3.8) is 0 Å². The molecule has 1 aromatic carbocycles. The molecule has 0 saturated heterocycles. The quantitative estimate of drug-likeness (QED) is 0.205. The van der Waals surface area contributed by atoms with E-state index in [1.807, 2.05) is 52.0 Å². The van der Waals surface area contributed by atoms with Crippen LogP contribution in [0.4, 0.5) is 10.0 Å². The predicted octanol–water partition coefficient (Wildman–Crippen LogP) is 7.34. The Morgan fingerprint density at radius 2 is 1.25 bits per heavy atom. The molecule has 0 saturated carbocycles. The molecular formula is C26H16N6O2S2. The van der Waals surface area contributed by atoms with Crippen molar-refractivity contribution < 1.29 is 9.47 Å². The SMILES string of the molecule is [C-]#[N+]C(=Nc1cc2c(s1)-c1cc3c(cc1OC2(C)C)-c1sc(N=C(C#N)C#N)cc1C(C)(C)O3)[N+]#[C-]. The molecule has 0 aliphatic carbocycles. The summed E-state index contributed by atoms with van der Waals surface area (Å²) in [6.07, 6.45) is 0. The molecular weight excluding hydrogens is 492 g/mol. The smallest absolute Gasteiger partial charge is 0.482 e. The van der Waals surface area contributed by atoms with Gasteiger partial charge in [-0.1, -0.05) is 11.3 Å². The van der Waals surface area contributed by atoms with Crippen LogP contribution in [0.3, 0.4) is 0 Å². The average Bonchev–Trinajstić information content (AvgIpc) is 3.46. The maximum Gasteiger partial charge on any atom is 0.635 e. The minimum absolute atomic E-state index is 0.202. The molecule has 0 atom stereocenters. The zero-order chi connectivity index (χ0) is 25.8. The molecule has 2 aliphatic heterocycles. The van der Waals surface area contributed by atoms with E-state index in [0.29, 0.717) is 21.5 Å². The minimum Gasteiger partial charge on any atom is -0.482 e. The van der Waals surface area contributed by atoms with Crippen molar-refractivity contribution in [2.45, 2.75) is 38.9 Å². The molecule has 3 aromatic rings. The lowest BCUT2D eigenvalue weighted by Crippen LogP contribution is -2.30. The van der Waals surface area contributed by atoms with Gasteiger partial charge in [0.05, 0.1) is 4.88 Å². The van der Waals surface area contributed by atoms with Crippen LogP contribution in [0, 0.1) is 35.8 Å². The molecule has 0 fully saturated rings. The van der Waals surface area contributed by atoms with Gasteiger partial charge >= 0.3 is 5.96 Å². The van der Waals surface area contributed by atoms with E-state index in [1.165, 1.54) is 22.7 Å². The van der Waals surface area contributed by atoms with E-state index in [1.54, 1.807) is 12.1 Å². The average molecular weight is 509 g/mol. The van der Waals surface area contributed by atoms with Crippen molar-refractivity contribution in [2.75, 3.05) is 0 Å². The number of thiophene rings is 2. The predicted molar refractivity (Wildman–Crippen MR) is 139 cm³/mol. The Labute approximate surface area is 215 Å². The van der Waals surface area contributed by atoms with Gasteiger partial charge in [0.2, 0.25) is 5.71 Å². The van der Waals surface area contributed by atoms with Crippen LogP contribution in [0.5, 0.6) is 11.5 Å². The number of ether oxygens (including phenoxy) is 2. The van der Waals surface area contributed by atoms with Gasteiger partial charge in [-0.15, -0.1) is 11.3 Å². The first-order chi connectivity index (χ1) is 17.1.